The molecule has 0 aliphatic heterocycles. The summed E-state index contributed by atoms with van der Waals surface area (Å²) in [4.78, 5) is 19.4. The highest BCUT2D eigenvalue weighted by atomic mass is 32.2. The molecule has 3 aromatic carbocycles. The van der Waals surface area contributed by atoms with Gasteiger partial charge in [0.05, 0.1) is 22.5 Å². The lowest BCUT2D eigenvalue weighted by Crippen LogP contribution is -2.31. The molecule has 0 N–H and O–H groups in total. The fourth-order valence-electron chi connectivity index (χ4n) is 2.94. The maximum atomic E-state index is 13.6. The van der Waals surface area contributed by atoms with Crippen molar-refractivity contribution >= 4 is 44.4 Å². The summed E-state index contributed by atoms with van der Waals surface area (Å²) in [6.45, 7) is 0.438. The van der Waals surface area contributed by atoms with Crippen LogP contribution in [0, 0.1) is 5.82 Å². The van der Waals surface area contributed by atoms with Crippen LogP contribution in [0.1, 0.15) is 11.1 Å². The third kappa shape index (κ3) is 5.02. The van der Waals surface area contributed by atoms with Gasteiger partial charge in [0, 0.05) is 5.75 Å². The molecule has 0 saturated carbocycles. The molecular formula is C23H19FN2OS2. The van der Waals surface area contributed by atoms with Crippen LogP contribution in [0.4, 0.5) is 9.52 Å². The first-order chi connectivity index (χ1) is 14.2. The van der Waals surface area contributed by atoms with E-state index in [2.05, 4.69) is 17.1 Å². The molecule has 29 heavy (non-hydrogen) atoms. The highest BCUT2D eigenvalue weighted by molar-refractivity contribution is 7.99. The van der Waals surface area contributed by atoms with E-state index in [9.17, 15) is 9.18 Å². The average Bonchev–Trinajstić information content (AvgIpc) is 3.16. The Labute approximate surface area is 177 Å². The Bertz CT molecular complexity index is 1100. The number of carbonyl (C=O) groups is 1. The van der Waals surface area contributed by atoms with Crippen molar-refractivity contribution in [3.05, 3.63) is 95.8 Å². The van der Waals surface area contributed by atoms with Crippen LogP contribution >= 0.6 is 23.1 Å². The van der Waals surface area contributed by atoms with Gasteiger partial charge in [-0.25, -0.2) is 9.37 Å². The SMILES string of the molecule is O=C(CSCc1ccccc1)N(Cc1ccccc1)c1nc2ccc(F)cc2s1. The summed E-state index contributed by atoms with van der Waals surface area (Å²) in [5, 5.41) is 0.597. The Hall–Kier alpha value is -2.70. The first-order valence-electron chi connectivity index (χ1n) is 9.21. The predicted molar refractivity (Wildman–Crippen MR) is 120 cm³/mol. The van der Waals surface area contributed by atoms with E-state index in [1.807, 2.05) is 48.5 Å². The van der Waals surface area contributed by atoms with Gasteiger partial charge in [-0.15, -0.1) is 11.8 Å². The van der Waals surface area contributed by atoms with E-state index in [1.165, 1.54) is 29.0 Å². The minimum absolute atomic E-state index is 0.00527. The zero-order valence-corrected chi connectivity index (χ0v) is 17.3. The van der Waals surface area contributed by atoms with Gasteiger partial charge in [-0.2, -0.15) is 0 Å². The standard InChI is InChI=1S/C23H19FN2OS2/c24-19-11-12-20-21(13-19)29-23(25-20)26(14-17-7-3-1-4-8-17)22(27)16-28-15-18-9-5-2-6-10-18/h1-13H,14-16H2. The number of rotatable bonds is 7. The molecule has 4 rings (SSSR count). The second-order valence-corrected chi connectivity index (χ2v) is 8.55. The highest BCUT2D eigenvalue weighted by Gasteiger charge is 2.20. The smallest absolute Gasteiger partial charge is 0.239 e. The molecule has 0 radical (unpaired) electrons. The molecule has 1 heterocycles. The molecule has 0 aliphatic carbocycles. The second-order valence-electron chi connectivity index (χ2n) is 6.55. The lowest BCUT2D eigenvalue weighted by molar-refractivity contribution is -0.116. The molecule has 0 unspecified atom stereocenters. The number of thioether (sulfide) groups is 1. The Morgan fingerprint density at radius 3 is 2.38 bits per heavy atom. The summed E-state index contributed by atoms with van der Waals surface area (Å²) in [7, 11) is 0. The Morgan fingerprint density at radius 1 is 0.966 bits per heavy atom. The van der Waals surface area contributed by atoms with Crippen molar-refractivity contribution in [1.82, 2.24) is 4.98 Å². The van der Waals surface area contributed by atoms with Gasteiger partial charge in [-0.3, -0.25) is 9.69 Å². The molecule has 0 fully saturated rings. The third-order valence-electron chi connectivity index (χ3n) is 4.39. The van der Waals surface area contributed by atoms with Gasteiger partial charge in [-0.1, -0.05) is 72.0 Å². The minimum Gasteiger partial charge on any atom is -0.283 e. The number of amides is 1. The molecule has 0 spiro atoms. The second kappa shape index (κ2) is 9.20. The summed E-state index contributed by atoms with van der Waals surface area (Å²) >= 11 is 2.92. The molecule has 3 nitrogen and oxygen atoms in total. The molecule has 146 valence electrons. The van der Waals surface area contributed by atoms with Crippen LogP contribution in [-0.2, 0) is 17.1 Å². The van der Waals surface area contributed by atoms with E-state index in [0.29, 0.717) is 22.9 Å². The lowest BCUT2D eigenvalue weighted by Gasteiger charge is -2.20. The van der Waals surface area contributed by atoms with Crippen molar-refractivity contribution < 1.29 is 9.18 Å². The van der Waals surface area contributed by atoms with E-state index in [4.69, 9.17) is 0 Å². The summed E-state index contributed by atoms with van der Waals surface area (Å²) in [6, 6.07) is 24.4. The number of hydrogen-bond donors (Lipinski definition) is 0. The molecule has 0 bridgehead atoms. The lowest BCUT2D eigenvalue weighted by atomic mass is 10.2. The quantitative estimate of drug-likeness (QED) is 0.372. The van der Waals surface area contributed by atoms with E-state index < -0.39 is 0 Å². The van der Waals surface area contributed by atoms with Gasteiger partial charge in [0.1, 0.15) is 5.82 Å². The molecule has 0 aliphatic rings. The van der Waals surface area contributed by atoms with Crippen LogP contribution in [0.15, 0.2) is 78.9 Å². The van der Waals surface area contributed by atoms with Gasteiger partial charge in [-0.05, 0) is 29.3 Å². The normalized spacial score (nSPS) is 10.9. The number of nitrogens with zero attached hydrogens (tertiary/aromatic N) is 2. The zero-order chi connectivity index (χ0) is 20.1. The number of hydrogen-bond acceptors (Lipinski definition) is 4. The number of carbonyl (C=O) groups excluding carboxylic acids is 1. The van der Waals surface area contributed by atoms with Crippen molar-refractivity contribution in [2.75, 3.05) is 10.7 Å². The van der Waals surface area contributed by atoms with Gasteiger partial charge in [0.25, 0.3) is 0 Å². The molecule has 4 aromatic rings. The van der Waals surface area contributed by atoms with E-state index >= 15 is 0 Å². The Morgan fingerprint density at radius 2 is 1.66 bits per heavy atom. The van der Waals surface area contributed by atoms with E-state index in [0.717, 1.165) is 16.0 Å². The Kier molecular flexibility index (Phi) is 6.22. The summed E-state index contributed by atoms with van der Waals surface area (Å²) < 4.78 is 14.3. The topological polar surface area (TPSA) is 33.2 Å². The maximum Gasteiger partial charge on any atom is 0.239 e. The van der Waals surface area contributed by atoms with Crippen LogP contribution in [0.3, 0.4) is 0 Å². The number of fused-ring (bicyclic) bond motifs is 1. The van der Waals surface area contributed by atoms with Crippen LogP contribution in [0.2, 0.25) is 0 Å². The van der Waals surface area contributed by atoms with Gasteiger partial charge in [0.2, 0.25) is 5.91 Å². The molecule has 1 aromatic heterocycles. The number of halogens is 1. The van der Waals surface area contributed by atoms with Gasteiger partial charge < -0.3 is 0 Å². The molecular weight excluding hydrogens is 403 g/mol. The highest BCUT2D eigenvalue weighted by Crippen LogP contribution is 2.31. The Balaban J connectivity index is 1.54. The van der Waals surface area contributed by atoms with Gasteiger partial charge in [0.15, 0.2) is 5.13 Å². The van der Waals surface area contributed by atoms with E-state index in [-0.39, 0.29) is 11.7 Å². The molecule has 1 amide bonds. The van der Waals surface area contributed by atoms with Crippen LogP contribution in [0.5, 0.6) is 0 Å². The van der Waals surface area contributed by atoms with Crippen LogP contribution in [-0.4, -0.2) is 16.6 Å². The fourth-order valence-corrected chi connectivity index (χ4v) is 4.81. The van der Waals surface area contributed by atoms with Crippen molar-refractivity contribution in [2.45, 2.75) is 12.3 Å². The number of aromatic nitrogens is 1. The average molecular weight is 423 g/mol. The number of anilines is 1. The van der Waals surface area contributed by atoms with Crippen LogP contribution < -0.4 is 4.90 Å². The zero-order valence-electron chi connectivity index (χ0n) is 15.6. The van der Waals surface area contributed by atoms with Crippen molar-refractivity contribution in [3.63, 3.8) is 0 Å². The molecule has 0 atom stereocenters. The monoisotopic (exact) mass is 422 g/mol. The van der Waals surface area contributed by atoms with E-state index in [1.54, 1.807) is 22.7 Å². The van der Waals surface area contributed by atoms with Crippen molar-refractivity contribution in [1.29, 1.82) is 0 Å². The van der Waals surface area contributed by atoms with Crippen LogP contribution in [0.25, 0.3) is 10.2 Å². The third-order valence-corrected chi connectivity index (χ3v) is 6.42. The molecule has 0 saturated heterocycles. The van der Waals surface area contributed by atoms with Crippen molar-refractivity contribution in [3.8, 4) is 0 Å². The number of thiazole rings is 1. The first-order valence-corrected chi connectivity index (χ1v) is 11.2. The summed E-state index contributed by atoms with van der Waals surface area (Å²) in [5.74, 6) is 0.824. The summed E-state index contributed by atoms with van der Waals surface area (Å²) in [6.07, 6.45) is 0. The molecule has 6 heteroatoms. The van der Waals surface area contributed by atoms with Gasteiger partial charge >= 0.3 is 0 Å². The van der Waals surface area contributed by atoms with Crippen molar-refractivity contribution in [2.24, 2.45) is 0 Å². The first kappa shape index (κ1) is 19.6. The predicted octanol–water partition coefficient (Wildman–Crippen LogP) is 5.90. The largest absolute Gasteiger partial charge is 0.283 e. The minimum atomic E-state index is -0.299. The summed E-state index contributed by atoms with van der Waals surface area (Å²) in [5.41, 5.74) is 2.92. The fraction of sp³-hybridized carbons (Fsp3) is 0.130. The maximum absolute atomic E-state index is 13.6. The number of benzene rings is 3.